The molecule has 5 nitrogen and oxygen atoms in total. The summed E-state index contributed by atoms with van der Waals surface area (Å²) < 4.78 is 40.9. The van der Waals surface area contributed by atoms with Gasteiger partial charge in [-0.2, -0.15) is 0 Å². The number of benzene rings is 2. The molecule has 0 heterocycles. The average molecular weight is 392 g/mol. The van der Waals surface area contributed by atoms with Gasteiger partial charge in [0, 0.05) is 18.7 Å². The molecule has 2 aromatic rings. The fraction of sp³-hybridized carbons (Fsp3) is 0.350. The SMILES string of the molecule is CCCCCNC(=O)c1cccc(S(=O)(=O)NCCc2ccccc2F)c1. The lowest BCUT2D eigenvalue weighted by Crippen LogP contribution is -2.27. The highest BCUT2D eigenvalue weighted by molar-refractivity contribution is 7.89. The van der Waals surface area contributed by atoms with Crippen LogP contribution in [0.1, 0.15) is 42.1 Å². The lowest BCUT2D eigenvalue weighted by atomic mass is 10.1. The molecule has 0 aliphatic carbocycles. The van der Waals surface area contributed by atoms with Gasteiger partial charge in [0.15, 0.2) is 0 Å². The molecule has 146 valence electrons. The number of amides is 1. The van der Waals surface area contributed by atoms with Crippen LogP contribution in [0.3, 0.4) is 0 Å². The summed E-state index contributed by atoms with van der Waals surface area (Å²) in [4.78, 5) is 12.2. The monoisotopic (exact) mass is 392 g/mol. The van der Waals surface area contributed by atoms with E-state index < -0.39 is 10.0 Å². The second-order valence-electron chi connectivity index (χ2n) is 6.23. The minimum Gasteiger partial charge on any atom is -0.352 e. The minimum absolute atomic E-state index is 0.0113. The zero-order valence-corrected chi connectivity index (χ0v) is 16.2. The molecule has 0 unspecified atom stereocenters. The molecule has 27 heavy (non-hydrogen) atoms. The molecule has 0 atom stereocenters. The lowest BCUT2D eigenvalue weighted by molar-refractivity contribution is 0.0952. The van der Waals surface area contributed by atoms with Gasteiger partial charge in [0.25, 0.3) is 5.91 Å². The van der Waals surface area contributed by atoms with Gasteiger partial charge in [-0.1, -0.05) is 44.0 Å². The van der Waals surface area contributed by atoms with Crippen LogP contribution in [0.5, 0.6) is 0 Å². The van der Waals surface area contributed by atoms with Gasteiger partial charge >= 0.3 is 0 Å². The van der Waals surface area contributed by atoms with Gasteiger partial charge in [-0.05, 0) is 42.7 Å². The molecule has 0 saturated heterocycles. The first-order valence-electron chi connectivity index (χ1n) is 9.05. The van der Waals surface area contributed by atoms with Crippen LogP contribution >= 0.6 is 0 Å². The van der Waals surface area contributed by atoms with Crippen LogP contribution in [-0.4, -0.2) is 27.4 Å². The Bertz CT molecular complexity index is 869. The van der Waals surface area contributed by atoms with Crippen molar-refractivity contribution in [2.45, 2.75) is 37.5 Å². The quantitative estimate of drug-likeness (QED) is 0.610. The van der Waals surface area contributed by atoms with Gasteiger partial charge < -0.3 is 5.32 Å². The molecular formula is C20H25FN2O3S. The number of hydrogen-bond donors (Lipinski definition) is 2. The third-order valence-electron chi connectivity index (χ3n) is 4.12. The molecule has 0 aliphatic rings. The number of carbonyl (C=O) groups is 1. The predicted octanol–water partition coefficient (Wildman–Crippen LogP) is 3.27. The van der Waals surface area contributed by atoms with Crippen molar-refractivity contribution < 1.29 is 17.6 Å². The predicted molar refractivity (Wildman–Crippen MR) is 104 cm³/mol. The summed E-state index contributed by atoms with van der Waals surface area (Å²) in [5, 5.41) is 2.79. The summed E-state index contributed by atoms with van der Waals surface area (Å²) >= 11 is 0. The van der Waals surface area contributed by atoms with Crippen molar-refractivity contribution in [1.82, 2.24) is 10.0 Å². The number of unbranched alkanes of at least 4 members (excludes halogenated alkanes) is 2. The molecule has 0 aromatic heterocycles. The van der Waals surface area contributed by atoms with E-state index in [9.17, 15) is 17.6 Å². The molecule has 2 N–H and O–H groups in total. The van der Waals surface area contributed by atoms with Gasteiger partial charge in [0.1, 0.15) is 5.82 Å². The zero-order valence-electron chi connectivity index (χ0n) is 15.4. The fourth-order valence-electron chi connectivity index (χ4n) is 2.59. The molecule has 7 heteroatoms. The third kappa shape index (κ3) is 6.45. The summed E-state index contributed by atoms with van der Waals surface area (Å²) in [7, 11) is -3.78. The highest BCUT2D eigenvalue weighted by Crippen LogP contribution is 2.12. The Morgan fingerprint density at radius 3 is 2.56 bits per heavy atom. The van der Waals surface area contributed by atoms with Gasteiger partial charge in [0.05, 0.1) is 4.90 Å². The first-order chi connectivity index (χ1) is 12.9. The van der Waals surface area contributed by atoms with Gasteiger partial charge in [-0.15, -0.1) is 0 Å². The van der Waals surface area contributed by atoms with Crippen LogP contribution in [0.4, 0.5) is 4.39 Å². The summed E-state index contributed by atoms with van der Waals surface area (Å²) in [5.41, 5.74) is 0.740. The van der Waals surface area contributed by atoms with Crippen LogP contribution in [0, 0.1) is 5.82 Å². The number of carbonyl (C=O) groups excluding carboxylic acids is 1. The first kappa shape index (κ1) is 21.1. The van der Waals surface area contributed by atoms with Crippen molar-refractivity contribution in [3.63, 3.8) is 0 Å². The topological polar surface area (TPSA) is 75.3 Å². The van der Waals surface area contributed by atoms with E-state index >= 15 is 0 Å². The van der Waals surface area contributed by atoms with Crippen molar-refractivity contribution >= 4 is 15.9 Å². The molecule has 0 fully saturated rings. The minimum atomic E-state index is -3.78. The summed E-state index contributed by atoms with van der Waals surface area (Å²) in [6.07, 6.45) is 3.21. The molecule has 1 amide bonds. The van der Waals surface area contributed by atoms with Crippen molar-refractivity contribution in [3.8, 4) is 0 Å². The van der Waals surface area contributed by atoms with Crippen molar-refractivity contribution in [2.75, 3.05) is 13.1 Å². The van der Waals surface area contributed by atoms with Crippen LogP contribution in [0.25, 0.3) is 0 Å². The smallest absolute Gasteiger partial charge is 0.251 e. The Balaban J connectivity index is 1.97. The maximum absolute atomic E-state index is 13.6. The Hall–Kier alpha value is -2.25. The zero-order chi connectivity index (χ0) is 19.7. The Labute approximate surface area is 160 Å². The van der Waals surface area contributed by atoms with Crippen molar-refractivity contribution in [1.29, 1.82) is 0 Å². The molecule has 2 rings (SSSR count). The highest BCUT2D eigenvalue weighted by atomic mass is 32.2. The molecule has 0 radical (unpaired) electrons. The maximum Gasteiger partial charge on any atom is 0.251 e. The standard InChI is InChI=1S/C20H25FN2O3S/c1-2-3-6-13-22-20(24)17-9-7-10-18(15-17)27(25,26)23-14-12-16-8-4-5-11-19(16)21/h4-5,7-11,15,23H,2-3,6,12-14H2,1H3,(H,22,24). The lowest BCUT2D eigenvalue weighted by Gasteiger charge is -2.09. The van der Waals surface area contributed by atoms with E-state index in [2.05, 4.69) is 17.0 Å². The van der Waals surface area contributed by atoms with Crippen LogP contribution < -0.4 is 10.0 Å². The van der Waals surface area contributed by atoms with Crippen LogP contribution in [0.15, 0.2) is 53.4 Å². The Morgan fingerprint density at radius 1 is 1.04 bits per heavy atom. The van der Waals surface area contributed by atoms with Gasteiger partial charge in [-0.3, -0.25) is 4.79 Å². The van der Waals surface area contributed by atoms with Crippen molar-refractivity contribution in [2.24, 2.45) is 0 Å². The molecule has 0 spiro atoms. The third-order valence-corrected chi connectivity index (χ3v) is 5.58. The van der Waals surface area contributed by atoms with Gasteiger partial charge in [0.2, 0.25) is 10.0 Å². The van der Waals surface area contributed by atoms with E-state index in [1.807, 2.05) is 0 Å². The van der Waals surface area contributed by atoms with E-state index in [0.717, 1.165) is 19.3 Å². The van der Waals surface area contributed by atoms with Crippen molar-refractivity contribution in [3.05, 3.63) is 65.5 Å². The number of nitrogens with one attached hydrogen (secondary N) is 2. The van der Waals surface area contributed by atoms with E-state index in [1.165, 1.54) is 24.3 Å². The Morgan fingerprint density at radius 2 is 1.81 bits per heavy atom. The van der Waals surface area contributed by atoms with E-state index in [4.69, 9.17) is 0 Å². The average Bonchev–Trinajstić information content (AvgIpc) is 2.66. The van der Waals surface area contributed by atoms with E-state index in [1.54, 1.807) is 24.3 Å². The van der Waals surface area contributed by atoms with Gasteiger partial charge in [-0.25, -0.2) is 17.5 Å². The normalized spacial score (nSPS) is 11.3. The number of sulfonamides is 1. The van der Waals surface area contributed by atoms with E-state index in [-0.39, 0.29) is 29.6 Å². The maximum atomic E-state index is 13.6. The van der Waals surface area contributed by atoms with Crippen LogP contribution in [-0.2, 0) is 16.4 Å². The summed E-state index contributed by atoms with van der Waals surface area (Å²) in [6.45, 7) is 2.70. The summed E-state index contributed by atoms with van der Waals surface area (Å²) in [6, 6.07) is 12.1. The first-order valence-corrected chi connectivity index (χ1v) is 10.5. The largest absolute Gasteiger partial charge is 0.352 e. The molecular weight excluding hydrogens is 367 g/mol. The second-order valence-corrected chi connectivity index (χ2v) is 8.00. The van der Waals surface area contributed by atoms with E-state index in [0.29, 0.717) is 17.7 Å². The fourth-order valence-corrected chi connectivity index (χ4v) is 3.67. The second kappa shape index (κ2) is 10.2. The highest BCUT2D eigenvalue weighted by Gasteiger charge is 2.16. The Kier molecular flexibility index (Phi) is 7.94. The molecule has 0 aliphatic heterocycles. The molecule has 2 aromatic carbocycles. The molecule has 0 saturated carbocycles. The summed E-state index contributed by atoms with van der Waals surface area (Å²) in [5.74, 6) is -0.659. The number of halogens is 1. The van der Waals surface area contributed by atoms with Crippen LogP contribution in [0.2, 0.25) is 0 Å². The molecule has 0 bridgehead atoms. The number of rotatable bonds is 10. The number of hydrogen-bond acceptors (Lipinski definition) is 3.